The smallest absolute Gasteiger partial charge is 0.299 e. The van der Waals surface area contributed by atoms with Crippen molar-refractivity contribution in [3.8, 4) is 0 Å². The summed E-state index contributed by atoms with van der Waals surface area (Å²) in [5.74, 6) is -0.374. The standard InChI is InChI=1S/C12H13F3O/c1-9-2-4-10(5-3-9)8-11(16)6-7-12(13,14)15/h2-5H,6-8H2,1H3. The van der Waals surface area contributed by atoms with Crippen LogP contribution in [0.4, 0.5) is 13.2 Å². The lowest BCUT2D eigenvalue weighted by atomic mass is 10.0. The number of benzene rings is 1. The summed E-state index contributed by atoms with van der Waals surface area (Å²) >= 11 is 0. The van der Waals surface area contributed by atoms with Gasteiger partial charge in [-0.3, -0.25) is 4.79 Å². The molecule has 0 amide bonds. The van der Waals surface area contributed by atoms with E-state index in [0.29, 0.717) is 0 Å². The van der Waals surface area contributed by atoms with Crippen molar-refractivity contribution >= 4 is 5.78 Å². The predicted octanol–water partition coefficient (Wildman–Crippen LogP) is 3.45. The number of alkyl halides is 3. The van der Waals surface area contributed by atoms with Crippen molar-refractivity contribution in [1.29, 1.82) is 0 Å². The second-order valence-electron chi connectivity index (χ2n) is 3.82. The van der Waals surface area contributed by atoms with Crippen LogP contribution in [-0.2, 0) is 11.2 Å². The number of hydrogen-bond donors (Lipinski definition) is 0. The molecule has 1 aromatic rings. The third-order valence-corrected chi connectivity index (χ3v) is 2.21. The van der Waals surface area contributed by atoms with Crippen LogP contribution in [0.25, 0.3) is 0 Å². The summed E-state index contributed by atoms with van der Waals surface area (Å²) in [4.78, 5) is 11.2. The van der Waals surface area contributed by atoms with Gasteiger partial charge in [0, 0.05) is 12.8 Å². The summed E-state index contributed by atoms with van der Waals surface area (Å²) in [6.07, 6.45) is -5.63. The molecule has 0 heterocycles. The van der Waals surface area contributed by atoms with Gasteiger partial charge in [-0.05, 0) is 12.5 Å². The fraction of sp³-hybridized carbons (Fsp3) is 0.417. The molecule has 0 atom stereocenters. The largest absolute Gasteiger partial charge is 0.389 e. The molecule has 1 aromatic carbocycles. The summed E-state index contributed by atoms with van der Waals surface area (Å²) in [6.45, 7) is 1.91. The average molecular weight is 230 g/mol. The van der Waals surface area contributed by atoms with E-state index in [1.807, 2.05) is 19.1 Å². The second kappa shape index (κ2) is 5.14. The highest BCUT2D eigenvalue weighted by Crippen LogP contribution is 2.21. The topological polar surface area (TPSA) is 17.1 Å². The molecule has 16 heavy (non-hydrogen) atoms. The Labute approximate surface area is 92.3 Å². The maximum atomic E-state index is 11.9. The molecule has 4 heteroatoms. The molecule has 0 radical (unpaired) electrons. The first-order valence-corrected chi connectivity index (χ1v) is 5.01. The van der Waals surface area contributed by atoms with Gasteiger partial charge in [0.1, 0.15) is 5.78 Å². The maximum Gasteiger partial charge on any atom is 0.389 e. The van der Waals surface area contributed by atoms with Crippen molar-refractivity contribution < 1.29 is 18.0 Å². The Morgan fingerprint density at radius 2 is 1.75 bits per heavy atom. The van der Waals surface area contributed by atoms with Crippen LogP contribution in [0, 0.1) is 6.92 Å². The maximum absolute atomic E-state index is 11.9. The number of ketones is 1. The van der Waals surface area contributed by atoms with Crippen molar-refractivity contribution in [1.82, 2.24) is 0 Å². The highest BCUT2D eigenvalue weighted by atomic mass is 19.4. The zero-order valence-electron chi connectivity index (χ0n) is 8.97. The van der Waals surface area contributed by atoms with Gasteiger partial charge in [0.05, 0.1) is 6.42 Å². The number of carbonyl (C=O) groups excluding carboxylic acids is 1. The number of halogens is 3. The minimum absolute atomic E-state index is 0.0797. The molecule has 0 aromatic heterocycles. The molecule has 1 nitrogen and oxygen atoms in total. The highest BCUT2D eigenvalue weighted by molar-refractivity contribution is 5.80. The van der Waals surface area contributed by atoms with Crippen molar-refractivity contribution in [3.63, 3.8) is 0 Å². The van der Waals surface area contributed by atoms with Crippen molar-refractivity contribution in [3.05, 3.63) is 35.4 Å². The summed E-state index contributed by atoms with van der Waals surface area (Å²) in [7, 11) is 0. The summed E-state index contributed by atoms with van der Waals surface area (Å²) in [6, 6.07) is 7.21. The molecule has 1 rings (SSSR count). The molecule has 0 fully saturated rings. The normalized spacial score (nSPS) is 11.5. The first-order valence-electron chi connectivity index (χ1n) is 5.01. The molecule has 0 spiro atoms. The minimum Gasteiger partial charge on any atom is -0.299 e. The third-order valence-electron chi connectivity index (χ3n) is 2.21. The fourth-order valence-electron chi connectivity index (χ4n) is 1.30. The Balaban J connectivity index is 2.43. The lowest BCUT2D eigenvalue weighted by Gasteiger charge is -2.05. The fourth-order valence-corrected chi connectivity index (χ4v) is 1.30. The average Bonchev–Trinajstić information content (AvgIpc) is 2.18. The molecule has 0 aliphatic carbocycles. The van der Waals surface area contributed by atoms with Gasteiger partial charge in [0.2, 0.25) is 0 Å². The zero-order valence-corrected chi connectivity index (χ0v) is 8.97. The first-order chi connectivity index (χ1) is 7.37. The van der Waals surface area contributed by atoms with Crippen molar-refractivity contribution in [2.45, 2.75) is 32.4 Å². The van der Waals surface area contributed by atoms with Gasteiger partial charge in [0.25, 0.3) is 0 Å². The molecule has 88 valence electrons. The molecule has 0 aliphatic heterocycles. The van der Waals surface area contributed by atoms with Crippen LogP contribution in [0.5, 0.6) is 0 Å². The Kier molecular flexibility index (Phi) is 4.10. The number of carbonyl (C=O) groups is 1. The van der Waals surface area contributed by atoms with E-state index in [-0.39, 0.29) is 12.2 Å². The van der Waals surface area contributed by atoms with E-state index in [9.17, 15) is 18.0 Å². The Morgan fingerprint density at radius 1 is 1.19 bits per heavy atom. The lowest BCUT2D eigenvalue weighted by molar-refractivity contribution is -0.143. The Morgan fingerprint density at radius 3 is 2.25 bits per heavy atom. The van der Waals surface area contributed by atoms with Gasteiger partial charge in [-0.2, -0.15) is 13.2 Å². The number of Topliss-reactive ketones (excluding diaryl/α,β-unsaturated/α-hetero) is 1. The summed E-state index contributed by atoms with van der Waals surface area (Å²) in [5.41, 5.74) is 1.82. The van der Waals surface area contributed by atoms with Crippen LogP contribution >= 0.6 is 0 Å². The van der Waals surface area contributed by atoms with E-state index in [0.717, 1.165) is 11.1 Å². The highest BCUT2D eigenvalue weighted by Gasteiger charge is 2.27. The van der Waals surface area contributed by atoms with Crippen LogP contribution < -0.4 is 0 Å². The molecular weight excluding hydrogens is 217 g/mol. The third kappa shape index (κ3) is 4.96. The minimum atomic E-state index is -4.25. The van der Waals surface area contributed by atoms with Gasteiger partial charge < -0.3 is 0 Å². The van der Waals surface area contributed by atoms with Gasteiger partial charge in [0.15, 0.2) is 0 Å². The van der Waals surface area contributed by atoms with Gasteiger partial charge >= 0.3 is 6.18 Å². The van der Waals surface area contributed by atoms with Crippen LogP contribution in [0.15, 0.2) is 24.3 Å². The van der Waals surface area contributed by atoms with Crippen LogP contribution in [-0.4, -0.2) is 12.0 Å². The number of aryl methyl sites for hydroxylation is 1. The monoisotopic (exact) mass is 230 g/mol. The molecule has 0 bridgehead atoms. The van der Waals surface area contributed by atoms with E-state index in [4.69, 9.17) is 0 Å². The van der Waals surface area contributed by atoms with Gasteiger partial charge in [-0.25, -0.2) is 0 Å². The van der Waals surface area contributed by atoms with E-state index >= 15 is 0 Å². The summed E-state index contributed by atoms with van der Waals surface area (Å²) < 4.78 is 35.6. The zero-order chi connectivity index (χ0) is 12.2. The Bertz CT molecular complexity index is 352. The van der Waals surface area contributed by atoms with Gasteiger partial charge in [-0.1, -0.05) is 29.8 Å². The molecule has 0 saturated heterocycles. The lowest BCUT2D eigenvalue weighted by Crippen LogP contribution is -2.12. The van der Waals surface area contributed by atoms with Gasteiger partial charge in [-0.15, -0.1) is 0 Å². The Hall–Kier alpha value is -1.32. The summed E-state index contributed by atoms with van der Waals surface area (Å²) in [5, 5.41) is 0. The van der Waals surface area contributed by atoms with Crippen molar-refractivity contribution in [2.75, 3.05) is 0 Å². The SMILES string of the molecule is Cc1ccc(CC(=O)CCC(F)(F)F)cc1. The van der Waals surface area contributed by atoms with Crippen LogP contribution in [0.2, 0.25) is 0 Å². The van der Waals surface area contributed by atoms with E-state index in [1.54, 1.807) is 12.1 Å². The van der Waals surface area contributed by atoms with E-state index in [1.165, 1.54) is 0 Å². The number of rotatable bonds is 4. The predicted molar refractivity (Wildman–Crippen MR) is 55.2 cm³/mol. The van der Waals surface area contributed by atoms with E-state index in [2.05, 4.69) is 0 Å². The first kappa shape index (κ1) is 12.7. The van der Waals surface area contributed by atoms with Crippen molar-refractivity contribution in [2.24, 2.45) is 0 Å². The second-order valence-corrected chi connectivity index (χ2v) is 3.82. The molecule has 0 N–H and O–H groups in total. The molecular formula is C12H13F3O. The molecule has 0 aliphatic rings. The molecule has 0 saturated carbocycles. The quantitative estimate of drug-likeness (QED) is 0.774. The molecule has 0 unspecified atom stereocenters. The van der Waals surface area contributed by atoms with Crippen LogP contribution in [0.3, 0.4) is 0 Å². The van der Waals surface area contributed by atoms with Crippen LogP contribution in [0.1, 0.15) is 24.0 Å². The van der Waals surface area contributed by atoms with E-state index < -0.39 is 19.0 Å². The number of hydrogen-bond acceptors (Lipinski definition) is 1.